The molecule has 0 aliphatic carbocycles. The molecule has 1 aromatic heterocycles. The van der Waals surface area contributed by atoms with Crippen LogP contribution >= 0.6 is 0 Å². The van der Waals surface area contributed by atoms with E-state index in [4.69, 9.17) is 0 Å². The van der Waals surface area contributed by atoms with Gasteiger partial charge >= 0.3 is 0 Å². The summed E-state index contributed by atoms with van der Waals surface area (Å²) in [6, 6.07) is 16.0. The maximum Gasteiger partial charge on any atom is 0.275 e. The monoisotopic (exact) mass is 306 g/mol. The molecule has 6 nitrogen and oxygen atoms in total. The molecule has 0 fully saturated rings. The molecule has 0 saturated carbocycles. The third-order valence-corrected chi connectivity index (χ3v) is 3.25. The number of H-pyrrole nitrogens is 1. The summed E-state index contributed by atoms with van der Waals surface area (Å²) >= 11 is 0. The Morgan fingerprint density at radius 3 is 2.65 bits per heavy atom. The minimum atomic E-state index is -0.482. The van der Waals surface area contributed by atoms with Crippen molar-refractivity contribution in [2.45, 2.75) is 0 Å². The molecule has 3 aromatic rings. The average Bonchev–Trinajstić information content (AvgIpc) is 3.04. The number of aromatic nitrogens is 2. The van der Waals surface area contributed by atoms with Crippen LogP contribution in [0.5, 0.6) is 5.75 Å². The van der Waals surface area contributed by atoms with Crippen molar-refractivity contribution in [3.05, 3.63) is 71.9 Å². The van der Waals surface area contributed by atoms with Crippen molar-refractivity contribution >= 4 is 12.1 Å². The first kappa shape index (κ1) is 14.5. The topological polar surface area (TPSA) is 90.4 Å². The van der Waals surface area contributed by atoms with Crippen LogP contribution in [0.25, 0.3) is 11.3 Å². The van der Waals surface area contributed by atoms with E-state index in [9.17, 15) is 9.90 Å². The molecular weight excluding hydrogens is 292 g/mol. The normalized spacial score (nSPS) is 10.8. The Balaban J connectivity index is 1.74. The number of rotatable bonds is 4. The van der Waals surface area contributed by atoms with Crippen LogP contribution in [-0.2, 0) is 0 Å². The third kappa shape index (κ3) is 3.26. The van der Waals surface area contributed by atoms with Gasteiger partial charge in [-0.25, -0.2) is 5.43 Å². The van der Waals surface area contributed by atoms with Crippen molar-refractivity contribution in [3.8, 4) is 17.0 Å². The van der Waals surface area contributed by atoms with Crippen LogP contribution in [0, 0.1) is 0 Å². The minimum Gasteiger partial charge on any atom is -0.507 e. The van der Waals surface area contributed by atoms with Crippen LogP contribution < -0.4 is 5.43 Å². The van der Waals surface area contributed by atoms with E-state index in [0.717, 1.165) is 16.8 Å². The van der Waals surface area contributed by atoms with E-state index in [1.165, 1.54) is 18.3 Å². The lowest BCUT2D eigenvalue weighted by Gasteiger charge is -2.02. The van der Waals surface area contributed by atoms with E-state index in [-0.39, 0.29) is 11.3 Å². The number of nitrogens with zero attached hydrogens (tertiary/aromatic N) is 2. The molecule has 0 radical (unpaired) electrons. The van der Waals surface area contributed by atoms with E-state index < -0.39 is 5.91 Å². The Morgan fingerprint density at radius 2 is 1.87 bits per heavy atom. The van der Waals surface area contributed by atoms with Crippen LogP contribution in [-0.4, -0.2) is 27.4 Å². The Hall–Kier alpha value is -3.41. The number of carbonyl (C=O) groups is 1. The van der Waals surface area contributed by atoms with Crippen LogP contribution in [0.1, 0.15) is 15.9 Å². The van der Waals surface area contributed by atoms with Crippen LogP contribution in [0.2, 0.25) is 0 Å². The summed E-state index contributed by atoms with van der Waals surface area (Å²) in [5, 5.41) is 20.5. The Bertz CT molecular complexity index is 841. The van der Waals surface area contributed by atoms with Gasteiger partial charge in [0.15, 0.2) is 0 Å². The van der Waals surface area contributed by atoms with Crippen molar-refractivity contribution in [1.29, 1.82) is 0 Å². The Morgan fingerprint density at radius 1 is 1.13 bits per heavy atom. The van der Waals surface area contributed by atoms with Gasteiger partial charge in [-0.05, 0) is 12.1 Å². The number of aromatic hydroxyl groups is 1. The number of nitrogens with one attached hydrogen (secondary N) is 2. The zero-order valence-electron chi connectivity index (χ0n) is 12.1. The summed E-state index contributed by atoms with van der Waals surface area (Å²) in [6.07, 6.45) is 3.13. The van der Waals surface area contributed by atoms with Gasteiger partial charge in [-0.3, -0.25) is 9.89 Å². The van der Waals surface area contributed by atoms with Gasteiger partial charge in [-0.2, -0.15) is 10.2 Å². The number of hydrogen-bond donors (Lipinski definition) is 3. The minimum absolute atomic E-state index is 0.0894. The van der Waals surface area contributed by atoms with E-state index in [1.807, 2.05) is 30.3 Å². The first-order valence-corrected chi connectivity index (χ1v) is 6.96. The van der Waals surface area contributed by atoms with Gasteiger partial charge in [-0.15, -0.1) is 0 Å². The van der Waals surface area contributed by atoms with Crippen molar-refractivity contribution in [1.82, 2.24) is 15.6 Å². The fraction of sp³-hybridized carbons (Fsp3) is 0. The second kappa shape index (κ2) is 6.57. The number of phenolic OH excluding ortho intramolecular Hbond substituents is 1. The number of carbonyl (C=O) groups excluding carboxylic acids is 1. The lowest BCUT2D eigenvalue weighted by atomic mass is 10.1. The van der Waals surface area contributed by atoms with Gasteiger partial charge in [0.2, 0.25) is 0 Å². The Kier molecular flexibility index (Phi) is 4.15. The largest absolute Gasteiger partial charge is 0.507 e. The summed E-state index contributed by atoms with van der Waals surface area (Å²) < 4.78 is 0. The zero-order valence-corrected chi connectivity index (χ0v) is 12.1. The molecule has 0 bridgehead atoms. The number of benzene rings is 2. The fourth-order valence-corrected chi connectivity index (χ4v) is 2.12. The molecule has 23 heavy (non-hydrogen) atoms. The Labute approximate surface area is 132 Å². The number of para-hydroxylation sites is 1. The number of aromatic amines is 1. The summed E-state index contributed by atoms with van der Waals surface area (Å²) in [4.78, 5) is 11.9. The molecule has 0 aliphatic rings. The van der Waals surface area contributed by atoms with E-state index in [1.54, 1.807) is 18.3 Å². The van der Waals surface area contributed by atoms with E-state index in [0.29, 0.717) is 0 Å². The van der Waals surface area contributed by atoms with Crippen molar-refractivity contribution in [2.24, 2.45) is 5.10 Å². The fourth-order valence-electron chi connectivity index (χ4n) is 2.12. The predicted octanol–water partition coefficient (Wildman–Crippen LogP) is 2.55. The quantitative estimate of drug-likeness (QED) is 0.511. The lowest BCUT2D eigenvalue weighted by molar-refractivity contribution is 0.0952. The zero-order chi connectivity index (χ0) is 16.1. The summed E-state index contributed by atoms with van der Waals surface area (Å²) in [7, 11) is 0. The SMILES string of the molecule is O=C(N/N=C\c1cn[nH]c1-c1ccccc1)c1ccccc1O. The molecular formula is C17H14N4O2. The van der Waals surface area contributed by atoms with Gasteiger partial charge < -0.3 is 5.11 Å². The highest BCUT2D eigenvalue weighted by Gasteiger charge is 2.09. The molecule has 114 valence electrons. The van der Waals surface area contributed by atoms with Gasteiger partial charge in [0.1, 0.15) is 5.75 Å². The number of hydrazone groups is 1. The molecule has 0 aliphatic heterocycles. The van der Waals surface area contributed by atoms with Crippen LogP contribution in [0.15, 0.2) is 65.9 Å². The highest BCUT2D eigenvalue weighted by Crippen LogP contribution is 2.19. The second-order valence-corrected chi connectivity index (χ2v) is 4.78. The first-order chi connectivity index (χ1) is 11.3. The number of phenols is 1. The smallest absolute Gasteiger partial charge is 0.275 e. The molecule has 0 spiro atoms. The van der Waals surface area contributed by atoms with Gasteiger partial charge in [0, 0.05) is 11.1 Å². The summed E-state index contributed by atoms with van der Waals surface area (Å²) in [5.74, 6) is -0.572. The number of hydrogen-bond acceptors (Lipinski definition) is 4. The van der Waals surface area contributed by atoms with Crippen molar-refractivity contribution in [2.75, 3.05) is 0 Å². The van der Waals surface area contributed by atoms with Gasteiger partial charge in [0.05, 0.1) is 23.7 Å². The van der Waals surface area contributed by atoms with E-state index in [2.05, 4.69) is 20.7 Å². The highest BCUT2D eigenvalue weighted by atomic mass is 16.3. The van der Waals surface area contributed by atoms with Crippen LogP contribution in [0.3, 0.4) is 0 Å². The molecule has 3 N–H and O–H groups in total. The number of amides is 1. The lowest BCUT2D eigenvalue weighted by Crippen LogP contribution is -2.17. The predicted molar refractivity (Wildman–Crippen MR) is 87.2 cm³/mol. The molecule has 1 amide bonds. The molecule has 6 heteroatoms. The van der Waals surface area contributed by atoms with Gasteiger partial charge in [0.25, 0.3) is 5.91 Å². The molecule has 0 unspecified atom stereocenters. The van der Waals surface area contributed by atoms with Crippen LogP contribution in [0.4, 0.5) is 0 Å². The average molecular weight is 306 g/mol. The van der Waals surface area contributed by atoms with Crippen molar-refractivity contribution < 1.29 is 9.90 Å². The summed E-state index contributed by atoms with van der Waals surface area (Å²) in [5.41, 5.74) is 5.08. The summed E-state index contributed by atoms with van der Waals surface area (Å²) in [6.45, 7) is 0. The maximum absolute atomic E-state index is 11.9. The molecule has 0 atom stereocenters. The maximum atomic E-state index is 11.9. The third-order valence-electron chi connectivity index (χ3n) is 3.25. The first-order valence-electron chi connectivity index (χ1n) is 6.96. The highest BCUT2D eigenvalue weighted by molar-refractivity contribution is 5.97. The van der Waals surface area contributed by atoms with E-state index >= 15 is 0 Å². The molecule has 3 rings (SSSR count). The standard InChI is InChI=1S/C17H14N4O2/c22-15-9-5-4-8-14(15)17(23)21-19-11-13-10-18-20-16(13)12-6-2-1-3-7-12/h1-11,22H,(H,18,20)(H,21,23)/b19-11-. The molecule has 1 heterocycles. The van der Waals surface area contributed by atoms with Gasteiger partial charge in [-0.1, -0.05) is 42.5 Å². The molecule has 0 saturated heterocycles. The molecule has 2 aromatic carbocycles. The van der Waals surface area contributed by atoms with Crippen molar-refractivity contribution in [3.63, 3.8) is 0 Å². The second-order valence-electron chi connectivity index (χ2n) is 4.78.